The normalized spacial score (nSPS) is 10.2. The molecule has 2 aromatic rings. The van der Waals surface area contributed by atoms with Gasteiger partial charge in [0.1, 0.15) is 11.5 Å². The first-order chi connectivity index (χ1) is 9.22. The monoisotopic (exact) mass is 320 g/mol. The van der Waals surface area contributed by atoms with Gasteiger partial charge in [0, 0.05) is 11.6 Å². The van der Waals surface area contributed by atoms with Crippen LogP contribution in [0.3, 0.4) is 0 Å². The van der Waals surface area contributed by atoms with Crippen LogP contribution in [0, 0.1) is 0 Å². The van der Waals surface area contributed by atoms with E-state index in [0.717, 1.165) is 16.3 Å². The maximum atomic E-state index is 11.0. The Morgan fingerprint density at radius 1 is 1.21 bits per heavy atom. The topological polar surface area (TPSA) is 35.5 Å². The molecule has 0 saturated carbocycles. The third-order valence-electron chi connectivity index (χ3n) is 2.54. The second-order valence-electron chi connectivity index (χ2n) is 3.98. The van der Waals surface area contributed by atoms with Crippen molar-refractivity contribution in [1.29, 1.82) is 0 Å². The summed E-state index contributed by atoms with van der Waals surface area (Å²) < 4.78 is 11.7. The molecular formula is C15H13BrO3. The second kappa shape index (κ2) is 6.50. The van der Waals surface area contributed by atoms with Crippen molar-refractivity contribution in [3.63, 3.8) is 0 Å². The molecule has 2 aromatic carbocycles. The summed E-state index contributed by atoms with van der Waals surface area (Å²) in [5, 5.41) is 0. The fraction of sp³-hybridized carbons (Fsp3) is 0.133. The van der Waals surface area contributed by atoms with Gasteiger partial charge in [-0.2, -0.15) is 0 Å². The number of methoxy groups -OCH3 is 1. The molecule has 0 unspecified atom stereocenters. The zero-order valence-corrected chi connectivity index (χ0v) is 12.0. The van der Waals surface area contributed by atoms with Gasteiger partial charge in [-0.1, -0.05) is 28.1 Å². The molecule has 0 aliphatic carbocycles. The molecule has 0 heterocycles. The molecule has 2 rings (SSSR count). The number of ether oxygens (including phenoxy) is 2. The van der Waals surface area contributed by atoms with E-state index in [4.69, 9.17) is 9.47 Å². The highest BCUT2D eigenvalue weighted by atomic mass is 79.9. The molecule has 0 N–H and O–H groups in total. The minimum absolute atomic E-state index is 0.514. The van der Waals surface area contributed by atoms with Crippen LogP contribution in [0.2, 0.25) is 0 Å². The van der Waals surface area contributed by atoms with Gasteiger partial charge in [0.05, 0.1) is 12.2 Å². The Balaban J connectivity index is 2.27. The Kier molecular flexibility index (Phi) is 4.71. The Labute approximate surface area is 120 Å². The number of halogens is 1. The van der Waals surface area contributed by atoms with Crippen LogP contribution in [0.4, 0.5) is 0 Å². The lowest BCUT2D eigenvalue weighted by Gasteiger charge is -2.09. The van der Waals surface area contributed by atoms with E-state index in [1.807, 2.05) is 24.3 Å². The van der Waals surface area contributed by atoms with Gasteiger partial charge < -0.3 is 9.47 Å². The van der Waals surface area contributed by atoms with E-state index >= 15 is 0 Å². The third-order valence-corrected chi connectivity index (χ3v) is 3.03. The van der Waals surface area contributed by atoms with E-state index in [-0.39, 0.29) is 0 Å². The van der Waals surface area contributed by atoms with E-state index in [1.165, 1.54) is 0 Å². The van der Waals surface area contributed by atoms with Crippen LogP contribution in [0.5, 0.6) is 11.5 Å². The fourth-order valence-corrected chi connectivity index (χ4v) is 2.03. The van der Waals surface area contributed by atoms with Crippen molar-refractivity contribution in [3.8, 4) is 11.5 Å². The molecule has 0 bridgehead atoms. The van der Waals surface area contributed by atoms with Crippen molar-refractivity contribution < 1.29 is 14.3 Å². The number of carbonyl (C=O) groups is 1. The smallest absolute Gasteiger partial charge is 0.153 e. The molecule has 19 heavy (non-hydrogen) atoms. The molecule has 0 atom stereocenters. The molecule has 0 radical (unpaired) electrons. The number of rotatable bonds is 5. The van der Waals surface area contributed by atoms with E-state index in [9.17, 15) is 4.79 Å². The molecule has 0 amide bonds. The van der Waals surface area contributed by atoms with Crippen molar-refractivity contribution in [2.45, 2.75) is 6.61 Å². The molecule has 0 spiro atoms. The summed E-state index contributed by atoms with van der Waals surface area (Å²) in [4.78, 5) is 11.0. The van der Waals surface area contributed by atoms with Crippen molar-refractivity contribution in [1.82, 2.24) is 0 Å². The summed E-state index contributed by atoms with van der Waals surface area (Å²) in [5.41, 5.74) is 1.53. The first kappa shape index (κ1) is 13.8. The van der Waals surface area contributed by atoms with Crippen molar-refractivity contribution >= 4 is 22.2 Å². The van der Waals surface area contributed by atoms with Crippen molar-refractivity contribution in [2.24, 2.45) is 0 Å². The number of hydrogen-bond acceptors (Lipinski definition) is 3. The van der Waals surface area contributed by atoms with Crippen LogP contribution in [0.25, 0.3) is 0 Å². The summed E-state index contributed by atoms with van der Waals surface area (Å²) in [6.07, 6.45) is 0.779. The molecule has 0 aromatic heterocycles. The third kappa shape index (κ3) is 3.66. The summed E-state index contributed by atoms with van der Waals surface area (Å²) in [5.74, 6) is 1.20. The summed E-state index contributed by atoms with van der Waals surface area (Å²) >= 11 is 3.36. The lowest BCUT2D eigenvalue weighted by Crippen LogP contribution is -1.92. The average Bonchev–Trinajstić information content (AvgIpc) is 2.40. The first-order valence-corrected chi connectivity index (χ1v) is 6.52. The Morgan fingerprint density at radius 2 is 2.05 bits per heavy atom. The predicted molar refractivity (Wildman–Crippen MR) is 76.8 cm³/mol. The number of carbonyl (C=O) groups excluding carboxylic acids is 1. The maximum Gasteiger partial charge on any atom is 0.153 e. The Bertz CT molecular complexity index is 581. The van der Waals surface area contributed by atoms with E-state index in [1.54, 1.807) is 25.3 Å². The van der Waals surface area contributed by atoms with Crippen molar-refractivity contribution in [3.05, 3.63) is 58.1 Å². The lowest BCUT2D eigenvalue weighted by molar-refractivity contribution is 0.112. The molecule has 3 nitrogen and oxygen atoms in total. The van der Waals surface area contributed by atoms with Gasteiger partial charge in [-0.25, -0.2) is 0 Å². The second-order valence-corrected chi connectivity index (χ2v) is 4.90. The molecule has 4 heteroatoms. The van der Waals surface area contributed by atoms with Crippen LogP contribution < -0.4 is 4.74 Å². The van der Waals surface area contributed by atoms with Gasteiger partial charge in [0.25, 0.3) is 0 Å². The van der Waals surface area contributed by atoms with E-state index in [0.29, 0.717) is 23.7 Å². The van der Waals surface area contributed by atoms with Gasteiger partial charge in [-0.15, -0.1) is 0 Å². The van der Waals surface area contributed by atoms with Crippen molar-refractivity contribution in [2.75, 3.05) is 7.11 Å². The maximum absolute atomic E-state index is 11.0. The van der Waals surface area contributed by atoms with Crippen LogP contribution in [-0.4, -0.2) is 13.4 Å². The largest absolute Gasteiger partial charge is 0.457 e. The minimum Gasteiger partial charge on any atom is -0.457 e. The quantitative estimate of drug-likeness (QED) is 0.774. The number of benzene rings is 2. The summed E-state index contributed by atoms with van der Waals surface area (Å²) in [7, 11) is 1.65. The first-order valence-electron chi connectivity index (χ1n) is 5.73. The van der Waals surface area contributed by atoms with Gasteiger partial charge in [0.15, 0.2) is 6.29 Å². The molecule has 0 aliphatic heterocycles. The van der Waals surface area contributed by atoms with Gasteiger partial charge >= 0.3 is 0 Å². The van der Waals surface area contributed by atoms with Gasteiger partial charge in [-0.3, -0.25) is 4.79 Å². The van der Waals surface area contributed by atoms with Crippen LogP contribution in [0.15, 0.2) is 46.9 Å². The van der Waals surface area contributed by atoms with Gasteiger partial charge in [-0.05, 0) is 35.9 Å². The SMILES string of the molecule is COCc1cccc(Oc2cc(Br)ccc2C=O)c1. The minimum atomic E-state index is 0.514. The van der Waals surface area contributed by atoms with E-state index < -0.39 is 0 Å². The predicted octanol–water partition coefficient (Wildman–Crippen LogP) is 4.20. The zero-order valence-electron chi connectivity index (χ0n) is 10.4. The van der Waals surface area contributed by atoms with Crippen LogP contribution >= 0.6 is 15.9 Å². The van der Waals surface area contributed by atoms with Gasteiger partial charge in [0.2, 0.25) is 0 Å². The van der Waals surface area contributed by atoms with E-state index in [2.05, 4.69) is 15.9 Å². The number of aldehydes is 1. The highest BCUT2D eigenvalue weighted by molar-refractivity contribution is 9.10. The Hall–Kier alpha value is -1.65. The highest BCUT2D eigenvalue weighted by Gasteiger charge is 2.06. The van der Waals surface area contributed by atoms with Crippen LogP contribution in [0.1, 0.15) is 15.9 Å². The highest BCUT2D eigenvalue weighted by Crippen LogP contribution is 2.28. The summed E-state index contributed by atoms with van der Waals surface area (Å²) in [6.45, 7) is 0.524. The lowest BCUT2D eigenvalue weighted by atomic mass is 10.2. The fourth-order valence-electron chi connectivity index (χ4n) is 1.69. The molecule has 0 aliphatic rings. The standard InChI is InChI=1S/C15H13BrO3/c1-18-10-11-3-2-4-14(7-11)19-15-8-13(16)6-5-12(15)9-17/h2-9H,10H2,1H3. The molecular weight excluding hydrogens is 308 g/mol. The zero-order chi connectivity index (χ0) is 13.7. The Morgan fingerprint density at radius 3 is 2.79 bits per heavy atom. The summed E-state index contributed by atoms with van der Waals surface area (Å²) in [6, 6.07) is 12.9. The molecule has 0 fully saturated rings. The number of hydrogen-bond donors (Lipinski definition) is 0. The molecule has 0 saturated heterocycles. The molecule has 98 valence electrons. The van der Waals surface area contributed by atoms with Crippen LogP contribution in [-0.2, 0) is 11.3 Å². The average molecular weight is 321 g/mol.